The maximum atomic E-state index is 11.7. The summed E-state index contributed by atoms with van der Waals surface area (Å²) in [7, 11) is 7.39. The molecule has 1 N–H and O–H groups in total. The van der Waals surface area contributed by atoms with Gasteiger partial charge in [0.1, 0.15) is 18.3 Å². The molecule has 9 rings (SSSR count). The fourth-order valence-corrected chi connectivity index (χ4v) is 7.36. The third-order valence-electron chi connectivity index (χ3n) is 9.88. The Morgan fingerprint density at radius 2 is 1.52 bits per heavy atom. The van der Waals surface area contributed by atoms with E-state index in [9.17, 15) is 5.21 Å². The number of quaternary nitrogens is 1. The number of methoxy groups -OCH3 is 2. The number of hydrogen-bond acceptors (Lipinski definition) is 7. The lowest BCUT2D eigenvalue weighted by Crippen LogP contribution is -2.49. The predicted octanol–water partition coefficient (Wildman–Crippen LogP) is 7.15. The number of hydrogen-bond donors (Lipinski definition) is 1. The van der Waals surface area contributed by atoms with Gasteiger partial charge in [-0.2, -0.15) is 4.65 Å². The number of likely N-dealkylation sites (N-methyl/N-ethyl adjacent to an activating group) is 2. The summed E-state index contributed by atoms with van der Waals surface area (Å²) in [5, 5.41) is 11.7. The first kappa shape index (κ1) is 27.3. The lowest BCUT2D eigenvalue weighted by molar-refractivity contribution is -1.11. The van der Waals surface area contributed by atoms with Crippen LogP contribution in [-0.4, -0.2) is 56.2 Å². The van der Waals surface area contributed by atoms with Crippen molar-refractivity contribution in [2.45, 2.75) is 37.8 Å². The lowest BCUT2D eigenvalue weighted by Gasteiger charge is -2.40. The molecule has 0 fully saturated rings. The van der Waals surface area contributed by atoms with Crippen molar-refractivity contribution >= 4 is 0 Å². The number of rotatable bonds is 2. The summed E-state index contributed by atoms with van der Waals surface area (Å²) in [5.41, 5.74) is 6.80. The van der Waals surface area contributed by atoms with Crippen LogP contribution < -0.4 is 23.7 Å². The lowest BCUT2D eigenvalue weighted by atomic mass is 9.86. The fourth-order valence-electron chi connectivity index (χ4n) is 7.36. The van der Waals surface area contributed by atoms with E-state index in [-0.39, 0.29) is 16.7 Å². The topological polar surface area (TPSA) is 69.6 Å². The quantitative estimate of drug-likeness (QED) is 0.218. The van der Waals surface area contributed by atoms with Crippen LogP contribution in [0.25, 0.3) is 0 Å². The summed E-state index contributed by atoms with van der Waals surface area (Å²) < 4.78 is 31.3. The molecule has 44 heavy (non-hydrogen) atoms. The molecule has 0 saturated carbocycles. The van der Waals surface area contributed by atoms with Crippen LogP contribution in [0.15, 0.2) is 60.7 Å². The Kier molecular flexibility index (Phi) is 6.31. The minimum Gasteiger partial charge on any atom is -0.493 e. The molecule has 0 amide bonds. The molecule has 4 aromatic rings. The smallest absolute Gasteiger partial charge is 0.212 e. The minimum atomic E-state index is -0.216. The maximum Gasteiger partial charge on any atom is 0.212 e. The molecule has 0 saturated heterocycles. The van der Waals surface area contributed by atoms with Crippen molar-refractivity contribution in [1.82, 2.24) is 4.90 Å². The molecular formula is C36H37N2O6+. The van der Waals surface area contributed by atoms with Gasteiger partial charge in [-0.15, -0.1) is 0 Å². The van der Waals surface area contributed by atoms with Crippen LogP contribution in [0.2, 0.25) is 0 Å². The molecule has 226 valence electrons. The Labute approximate surface area is 257 Å². The van der Waals surface area contributed by atoms with Crippen LogP contribution in [0.4, 0.5) is 0 Å². The fraction of sp³-hybridized carbons (Fsp3) is 0.333. The highest BCUT2D eigenvalue weighted by Gasteiger charge is 2.42. The van der Waals surface area contributed by atoms with Gasteiger partial charge in [-0.1, -0.05) is 18.2 Å². The highest BCUT2D eigenvalue weighted by Crippen LogP contribution is 2.57. The average molecular weight is 594 g/mol. The Bertz CT molecular complexity index is 1780. The van der Waals surface area contributed by atoms with Crippen LogP contribution in [0.1, 0.15) is 45.5 Å². The highest BCUT2D eigenvalue weighted by molar-refractivity contribution is 5.67. The van der Waals surface area contributed by atoms with Crippen molar-refractivity contribution < 1.29 is 33.5 Å². The van der Waals surface area contributed by atoms with E-state index >= 15 is 0 Å². The summed E-state index contributed by atoms with van der Waals surface area (Å²) >= 11 is 0. The van der Waals surface area contributed by atoms with E-state index in [1.165, 1.54) is 11.1 Å². The van der Waals surface area contributed by atoms with E-state index in [1.807, 2.05) is 37.4 Å². The monoisotopic (exact) mass is 593 g/mol. The molecule has 5 aliphatic rings. The van der Waals surface area contributed by atoms with Crippen molar-refractivity contribution in [3.05, 3.63) is 94.0 Å². The molecule has 8 heteroatoms. The predicted molar refractivity (Wildman–Crippen MR) is 165 cm³/mol. The van der Waals surface area contributed by atoms with Crippen molar-refractivity contribution in [3.8, 4) is 46.0 Å². The van der Waals surface area contributed by atoms with Gasteiger partial charge in [0.15, 0.2) is 34.5 Å². The number of ether oxygens (including phenoxy) is 5. The summed E-state index contributed by atoms with van der Waals surface area (Å²) in [6.07, 6.45) is 3.01. The molecule has 4 aromatic carbocycles. The molecule has 0 aliphatic carbocycles. The molecule has 5 aliphatic heterocycles. The van der Waals surface area contributed by atoms with Gasteiger partial charge in [0.05, 0.1) is 21.3 Å². The highest BCUT2D eigenvalue weighted by atomic mass is 16.6. The van der Waals surface area contributed by atoms with Gasteiger partial charge in [-0.05, 0) is 84.6 Å². The van der Waals surface area contributed by atoms with E-state index < -0.39 is 0 Å². The Morgan fingerprint density at radius 1 is 0.773 bits per heavy atom. The molecule has 0 radical (unpaired) electrons. The van der Waals surface area contributed by atoms with Crippen molar-refractivity contribution in [3.63, 3.8) is 0 Å². The standard InChI is InChI=1S/C36H37N2O6/c1-37-13-11-24-19-33(41-4)35-36-34(24)27(37)15-21-5-8-25(9-6-21)42-30-17-22(7-10-29(30)40-3)16-28-26-20-32(44-36)31(43-35)18-23(26)12-14-38(28,2)39/h5-10,17-20,27-28,39H,11-16H2,1-4H3/q+1. The summed E-state index contributed by atoms with van der Waals surface area (Å²) in [6.45, 7) is 1.52. The Morgan fingerprint density at radius 3 is 2.32 bits per heavy atom. The van der Waals surface area contributed by atoms with E-state index in [1.54, 1.807) is 14.2 Å². The van der Waals surface area contributed by atoms with Gasteiger partial charge in [-0.25, -0.2) is 5.21 Å². The summed E-state index contributed by atoms with van der Waals surface area (Å²) in [5.74, 6) is 5.41. The summed E-state index contributed by atoms with van der Waals surface area (Å²) in [4.78, 5) is 2.39. The first-order valence-corrected chi connectivity index (χ1v) is 15.3. The third kappa shape index (κ3) is 4.39. The molecule has 3 unspecified atom stereocenters. The molecule has 7 bridgehead atoms. The normalized spacial score (nSPS) is 23.1. The molecule has 8 nitrogen and oxygen atoms in total. The van der Waals surface area contributed by atoms with Gasteiger partial charge in [-0.3, -0.25) is 4.90 Å². The first-order chi connectivity index (χ1) is 21.3. The zero-order chi connectivity index (χ0) is 30.2. The Balaban J connectivity index is 1.34. The van der Waals surface area contributed by atoms with Crippen LogP contribution >= 0.6 is 0 Å². The average Bonchev–Trinajstić information content (AvgIpc) is 3.02. The van der Waals surface area contributed by atoms with Crippen LogP contribution in [0, 0.1) is 0 Å². The molecule has 3 atom stereocenters. The van der Waals surface area contributed by atoms with E-state index in [0.29, 0.717) is 47.5 Å². The molecule has 0 aromatic heterocycles. The van der Waals surface area contributed by atoms with Crippen molar-refractivity contribution in [1.29, 1.82) is 0 Å². The number of fused-ring (bicyclic) bond motifs is 2. The van der Waals surface area contributed by atoms with Gasteiger partial charge in [0, 0.05) is 36.6 Å². The minimum absolute atomic E-state index is 0.0776. The molecule has 0 spiro atoms. The van der Waals surface area contributed by atoms with Crippen LogP contribution in [-0.2, 0) is 25.7 Å². The van der Waals surface area contributed by atoms with Gasteiger partial charge in [0.2, 0.25) is 5.75 Å². The SMILES string of the molecule is COc1ccc2cc1Oc1ccc(cc1)CC1c3c(cc(OC)c4c3Oc3cc5c(cc3O4)CC[N+](C)(O)C5C2)CCN1C. The molecular weight excluding hydrogens is 556 g/mol. The molecule has 5 heterocycles. The number of hydroxylamine groups is 3. The van der Waals surface area contributed by atoms with Crippen molar-refractivity contribution in [2.24, 2.45) is 0 Å². The summed E-state index contributed by atoms with van der Waals surface area (Å²) in [6, 6.07) is 20.5. The maximum absolute atomic E-state index is 11.7. The van der Waals surface area contributed by atoms with E-state index in [4.69, 9.17) is 23.7 Å². The van der Waals surface area contributed by atoms with Gasteiger partial charge in [0.25, 0.3) is 0 Å². The number of benzene rings is 4. The van der Waals surface area contributed by atoms with Gasteiger partial charge >= 0.3 is 0 Å². The first-order valence-electron chi connectivity index (χ1n) is 15.3. The van der Waals surface area contributed by atoms with Crippen LogP contribution in [0.3, 0.4) is 0 Å². The van der Waals surface area contributed by atoms with Crippen molar-refractivity contribution in [2.75, 3.05) is 41.4 Å². The van der Waals surface area contributed by atoms with Gasteiger partial charge < -0.3 is 23.7 Å². The van der Waals surface area contributed by atoms with Crippen LogP contribution in [0.5, 0.6) is 46.0 Å². The largest absolute Gasteiger partial charge is 0.493 e. The second kappa shape index (κ2) is 10.2. The zero-order valence-corrected chi connectivity index (χ0v) is 25.6. The zero-order valence-electron chi connectivity index (χ0n) is 25.6. The second-order valence-corrected chi connectivity index (χ2v) is 12.6. The number of nitrogens with zero attached hydrogens (tertiary/aromatic N) is 2. The third-order valence-corrected chi connectivity index (χ3v) is 9.88. The van der Waals surface area contributed by atoms with E-state index in [0.717, 1.165) is 59.6 Å². The Hall–Kier alpha value is -4.24. The van der Waals surface area contributed by atoms with E-state index in [2.05, 4.69) is 42.3 Å². The second-order valence-electron chi connectivity index (χ2n) is 12.6.